The van der Waals surface area contributed by atoms with Gasteiger partial charge in [0.15, 0.2) is 12.2 Å². The summed E-state index contributed by atoms with van der Waals surface area (Å²) in [7, 11) is -9.95. The number of phosphoric acid groups is 2. The predicted molar refractivity (Wildman–Crippen MR) is 409 cm³/mol. The molecule has 0 aromatic carbocycles. The van der Waals surface area contributed by atoms with E-state index in [1.807, 2.05) is 0 Å². The van der Waals surface area contributed by atoms with Crippen molar-refractivity contribution in [3.05, 3.63) is 85.1 Å². The van der Waals surface area contributed by atoms with Gasteiger partial charge in [0, 0.05) is 25.7 Å². The number of phosphoric ester groups is 2. The lowest BCUT2D eigenvalue weighted by Crippen LogP contribution is -2.30. The summed E-state index contributed by atoms with van der Waals surface area (Å²) < 4.78 is 68.6. The van der Waals surface area contributed by atoms with Gasteiger partial charge < -0.3 is 33.8 Å². The Morgan fingerprint density at radius 3 is 0.800 bits per heavy atom. The minimum absolute atomic E-state index is 0.0732. The summed E-state index contributed by atoms with van der Waals surface area (Å²) in [4.78, 5) is 73.0. The van der Waals surface area contributed by atoms with Crippen molar-refractivity contribution in [1.29, 1.82) is 0 Å². The van der Waals surface area contributed by atoms with Crippen molar-refractivity contribution in [2.45, 2.75) is 367 Å². The first-order chi connectivity index (χ1) is 48.7. The van der Waals surface area contributed by atoms with Crippen LogP contribution in [0.15, 0.2) is 85.1 Å². The SMILES string of the molecule is CC/C=C\C/C=C\C/C=C\C/C=C\CCCCCCCCC(=O)OCC(COP(=O)(O)OCC(O)COP(=O)(O)OCC(COC(=O)CCCCCCCCCCCCCCC)OC(=O)CCCCCCCCCCCCCCC)OC(=O)CCCCCCC/C=C\C/C=C\C/C=C\CC. The van der Waals surface area contributed by atoms with Gasteiger partial charge in [-0.1, -0.05) is 312 Å². The fourth-order valence-corrected chi connectivity index (χ4v) is 12.5. The standard InChI is InChI=1S/C81H144O17P2/c1-5-9-13-17-21-25-29-33-35-36-37-38-40-43-46-50-54-58-62-66-79(84)92-72-77(98-81(86)68-64-60-56-52-48-44-39-34-30-26-22-18-14-10-6-2)74-96-100(89,90)94-70-75(82)69-93-99(87,88)95-73-76(97-80(85)67-63-59-55-51-47-42-32-28-24-20-16-12-8-4)71-91-78(83)65-61-57-53-49-45-41-31-27-23-19-15-11-7-3/h9-10,13-14,21-22,25-26,33-35,37-39,75-77,82H,5-8,11-12,15-20,23-24,27-32,36,40-74H2,1-4H3,(H,87,88)(H,89,90)/b13-9-,14-10-,25-21-,26-22-,35-33-,38-37-,39-34-. The van der Waals surface area contributed by atoms with Crippen molar-refractivity contribution in [1.82, 2.24) is 0 Å². The molecule has 0 saturated carbocycles. The van der Waals surface area contributed by atoms with Gasteiger partial charge in [0.25, 0.3) is 0 Å². The number of carbonyl (C=O) groups is 4. The molecule has 0 aromatic heterocycles. The van der Waals surface area contributed by atoms with Gasteiger partial charge in [-0.05, 0) is 96.3 Å². The van der Waals surface area contributed by atoms with Gasteiger partial charge in [0.05, 0.1) is 26.4 Å². The monoisotopic (exact) mass is 1450 g/mol. The first-order valence-electron chi connectivity index (χ1n) is 39.8. The van der Waals surface area contributed by atoms with Crippen LogP contribution in [0.25, 0.3) is 0 Å². The molecule has 0 heterocycles. The van der Waals surface area contributed by atoms with Crippen LogP contribution in [0.3, 0.4) is 0 Å². The van der Waals surface area contributed by atoms with Crippen LogP contribution in [-0.4, -0.2) is 96.7 Å². The second-order valence-corrected chi connectivity index (χ2v) is 29.5. The number of allylic oxidation sites excluding steroid dienone is 14. The van der Waals surface area contributed by atoms with Gasteiger partial charge >= 0.3 is 39.5 Å². The number of ether oxygens (including phenoxy) is 4. The van der Waals surface area contributed by atoms with Crippen LogP contribution in [-0.2, 0) is 65.4 Å². The zero-order chi connectivity index (χ0) is 73.2. The molecule has 0 aromatic rings. The molecule has 0 spiro atoms. The lowest BCUT2D eigenvalue weighted by atomic mass is 10.0. The van der Waals surface area contributed by atoms with E-state index in [9.17, 15) is 43.2 Å². The molecule has 0 aliphatic heterocycles. The molecule has 0 rings (SSSR count). The molecule has 0 amide bonds. The second kappa shape index (κ2) is 73.5. The van der Waals surface area contributed by atoms with E-state index in [4.69, 9.17) is 37.0 Å². The average molecular weight is 1450 g/mol. The van der Waals surface area contributed by atoms with E-state index in [0.717, 1.165) is 161 Å². The third-order valence-electron chi connectivity index (χ3n) is 16.9. The summed E-state index contributed by atoms with van der Waals surface area (Å²) in [5, 5.41) is 10.6. The number of carbonyl (C=O) groups excluding carboxylic acids is 4. The predicted octanol–water partition coefficient (Wildman–Crippen LogP) is 23.0. The van der Waals surface area contributed by atoms with Gasteiger partial charge in [0.1, 0.15) is 19.3 Å². The van der Waals surface area contributed by atoms with E-state index in [-0.39, 0.29) is 25.7 Å². The van der Waals surface area contributed by atoms with Crippen molar-refractivity contribution in [2.24, 2.45) is 0 Å². The number of unbranched alkanes of at least 4 members (excludes halogenated alkanes) is 35. The van der Waals surface area contributed by atoms with Gasteiger partial charge in [-0.25, -0.2) is 9.13 Å². The molecular formula is C81H144O17P2. The van der Waals surface area contributed by atoms with Crippen LogP contribution < -0.4 is 0 Å². The highest BCUT2D eigenvalue weighted by Gasteiger charge is 2.30. The first kappa shape index (κ1) is 96.2. The molecule has 580 valence electrons. The number of esters is 4. The Balaban J connectivity index is 5.33. The van der Waals surface area contributed by atoms with Crippen LogP contribution in [0.4, 0.5) is 0 Å². The van der Waals surface area contributed by atoms with Crippen molar-refractivity contribution in [2.75, 3.05) is 39.6 Å². The molecule has 0 aliphatic carbocycles. The maximum absolute atomic E-state index is 13.1. The molecule has 0 radical (unpaired) electrons. The van der Waals surface area contributed by atoms with Crippen molar-refractivity contribution < 1.29 is 80.2 Å². The number of rotatable bonds is 75. The van der Waals surface area contributed by atoms with Gasteiger partial charge in [-0.2, -0.15) is 0 Å². The van der Waals surface area contributed by atoms with E-state index >= 15 is 0 Å². The van der Waals surface area contributed by atoms with Crippen LogP contribution in [0.5, 0.6) is 0 Å². The van der Waals surface area contributed by atoms with Crippen LogP contribution in [0.2, 0.25) is 0 Å². The van der Waals surface area contributed by atoms with Crippen molar-refractivity contribution >= 4 is 39.5 Å². The summed E-state index contributed by atoms with van der Waals surface area (Å²) in [6.45, 7) is 4.67. The smallest absolute Gasteiger partial charge is 0.462 e. The molecule has 3 N–H and O–H groups in total. The molecule has 0 fully saturated rings. The summed E-state index contributed by atoms with van der Waals surface area (Å²) >= 11 is 0. The number of aliphatic hydroxyl groups excluding tert-OH is 1. The molecular weight excluding hydrogens is 1310 g/mol. The minimum atomic E-state index is -4.98. The fraction of sp³-hybridized carbons (Fsp3) is 0.778. The molecule has 17 nitrogen and oxygen atoms in total. The lowest BCUT2D eigenvalue weighted by Gasteiger charge is -2.21. The second-order valence-electron chi connectivity index (χ2n) is 26.6. The first-order valence-corrected chi connectivity index (χ1v) is 42.8. The van der Waals surface area contributed by atoms with Crippen molar-refractivity contribution in [3.8, 4) is 0 Å². The maximum atomic E-state index is 13.1. The number of aliphatic hydroxyl groups is 1. The molecule has 19 heteroatoms. The Kier molecular flexibility index (Phi) is 70.8. The summed E-state index contributed by atoms with van der Waals surface area (Å²) in [5.74, 6) is -2.18. The van der Waals surface area contributed by atoms with Crippen LogP contribution in [0.1, 0.15) is 349 Å². The zero-order valence-electron chi connectivity index (χ0n) is 63.4. The van der Waals surface area contributed by atoms with Crippen molar-refractivity contribution in [3.63, 3.8) is 0 Å². The van der Waals surface area contributed by atoms with Crippen LogP contribution in [0, 0.1) is 0 Å². The van der Waals surface area contributed by atoms with Gasteiger partial charge in [-0.15, -0.1) is 0 Å². The number of hydrogen-bond donors (Lipinski definition) is 3. The molecule has 5 atom stereocenters. The summed E-state index contributed by atoms with van der Waals surface area (Å²) in [6, 6.07) is 0. The highest BCUT2D eigenvalue weighted by Crippen LogP contribution is 2.45. The Bertz CT molecular complexity index is 2230. The highest BCUT2D eigenvalue weighted by atomic mass is 31.2. The molecule has 100 heavy (non-hydrogen) atoms. The topological polar surface area (TPSA) is 237 Å². The van der Waals surface area contributed by atoms with Gasteiger partial charge in [0.2, 0.25) is 0 Å². The minimum Gasteiger partial charge on any atom is -0.462 e. The molecule has 0 saturated heterocycles. The van der Waals surface area contributed by atoms with E-state index in [2.05, 4.69) is 113 Å². The highest BCUT2D eigenvalue weighted by molar-refractivity contribution is 7.47. The third-order valence-corrected chi connectivity index (χ3v) is 18.8. The Hall–Kier alpha value is -3.76. The van der Waals surface area contributed by atoms with Crippen LogP contribution >= 0.6 is 15.6 Å². The average Bonchev–Trinajstić information content (AvgIpc) is 0.946. The van der Waals surface area contributed by atoms with Gasteiger partial charge in [-0.3, -0.25) is 37.3 Å². The fourth-order valence-electron chi connectivity index (χ4n) is 10.9. The largest absolute Gasteiger partial charge is 0.472 e. The molecule has 0 aliphatic rings. The van der Waals surface area contributed by atoms with E-state index in [1.165, 1.54) is 109 Å². The lowest BCUT2D eigenvalue weighted by molar-refractivity contribution is -0.161. The van der Waals surface area contributed by atoms with E-state index in [0.29, 0.717) is 25.7 Å². The Morgan fingerprint density at radius 2 is 0.520 bits per heavy atom. The van der Waals surface area contributed by atoms with E-state index in [1.54, 1.807) is 0 Å². The Morgan fingerprint density at radius 1 is 0.290 bits per heavy atom. The normalized spacial score (nSPS) is 14.3. The third kappa shape index (κ3) is 72.6. The zero-order valence-corrected chi connectivity index (χ0v) is 65.2. The summed E-state index contributed by atoms with van der Waals surface area (Å²) in [5.41, 5.74) is 0. The maximum Gasteiger partial charge on any atom is 0.472 e. The molecule has 5 unspecified atom stereocenters. The number of hydrogen-bond acceptors (Lipinski definition) is 15. The quantitative estimate of drug-likeness (QED) is 0.0169. The van der Waals surface area contributed by atoms with E-state index < -0.39 is 97.5 Å². The molecule has 0 bridgehead atoms. The summed E-state index contributed by atoms with van der Waals surface area (Å²) in [6.07, 6.45) is 75.6. The Labute approximate surface area is 608 Å².